The van der Waals surface area contributed by atoms with E-state index < -0.39 is 0 Å². The standard InChI is InChI=1S/C14H29N3/c1-13(2,3)15-9-11-17(12-10-15)14(4,5)16-7-6-8-16/h6-12H2,1-5H3. The van der Waals surface area contributed by atoms with Gasteiger partial charge in [-0.25, -0.2) is 0 Å². The summed E-state index contributed by atoms with van der Waals surface area (Å²) in [5.74, 6) is 0. The van der Waals surface area contributed by atoms with Crippen molar-refractivity contribution in [3.63, 3.8) is 0 Å². The molecule has 2 fully saturated rings. The van der Waals surface area contributed by atoms with Crippen LogP contribution in [0.2, 0.25) is 0 Å². The van der Waals surface area contributed by atoms with E-state index in [4.69, 9.17) is 0 Å². The van der Waals surface area contributed by atoms with E-state index in [1.807, 2.05) is 0 Å². The molecule has 0 bridgehead atoms. The van der Waals surface area contributed by atoms with Gasteiger partial charge < -0.3 is 0 Å². The molecule has 0 N–H and O–H groups in total. The van der Waals surface area contributed by atoms with Crippen LogP contribution in [0.1, 0.15) is 41.0 Å². The van der Waals surface area contributed by atoms with E-state index in [1.54, 1.807) is 0 Å². The van der Waals surface area contributed by atoms with Crippen LogP contribution in [0.3, 0.4) is 0 Å². The Morgan fingerprint density at radius 1 is 0.588 bits per heavy atom. The molecule has 0 aromatic carbocycles. The van der Waals surface area contributed by atoms with Crippen molar-refractivity contribution >= 4 is 0 Å². The normalized spacial score (nSPS) is 25.9. The molecule has 17 heavy (non-hydrogen) atoms. The minimum atomic E-state index is 0.266. The van der Waals surface area contributed by atoms with Gasteiger partial charge >= 0.3 is 0 Å². The fraction of sp³-hybridized carbons (Fsp3) is 1.00. The lowest BCUT2D eigenvalue weighted by molar-refractivity contribution is -0.0913. The molecule has 3 heteroatoms. The first-order valence-electron chi connectivity index (χ1n) is 7.07. The summed E-state index contributed by atoms with van der Waals surface area (Å²) in [6.45, 7) is 19.1. The Labute approximate surface area is 107 Å². The molecule has 2 saturated heterocycles. The second kappa shape index (κ2) is 4.52. The molecule has 0 amide bonds. The fourth-order valence-electron chi connectivity index (χ4n) is 2.99. The molecule has 2 aliphatic heterocycles. The Morgan fingerprint density at radius 3 is 1.35 bits per heavy atom. The van der Waals surface area contributed by atoms with Gasteiger partial charge in [-0.05, 0) is 41.0 Å². The summed E-state index contributed by atoms with van der Waals surface area (Å²) in [6.07, 6.45) is 1.38. The number of piperazine rings is 1. The van der Waals surface area contributed by atoms with Gasteiger partial charge in [0.05, 0.1) is 5.66 Å². The Kier molecular flexibility index (Phi) is 3.54. The van der Waals surface area contributed by atoms with Gasteiger partial charge in [0.15, 0.2) is 0 Å². The van der Waals surface area contributed by atoms with Crippen molar-refractivity contribution in [1.29, 1.82) is 0 Å². The summed E-state index contributed by atoms with van der Waals surface area (Å²) in [6, 6.07) is 0. The second-order valence-corrected chi connectivity index (χ2v) is 6.98. The van der Waals surface area contributed by atoms with Crippen LogP contribution in [0, 0.1) is 0 Å². The van der Waals surface area contributed by atoms with Gasteiger partial charge in [0, 0.05) is 44.8 Å². The van der Waals surface area contributed by atoms with Gasteiger partial charge in [-0.1, -0.05) is 0 Å². The van der Waals surface area contributed by atoms with Crippen molar-refractivity contribution in [3.8, 4) is 0 Å². The third-order valence-corrected chi connectivity index (χ3v) is 4.63. The van der Waals surface area contributed by atoms with Gasteiger partial charge in [0.1, 0.15) is 0 Å². The largest absolute Gasteiger partial charge is 0.296 e. The number of rotatable bonds is 2. The van der Waals surface area contributed by atoms with E-state index in [1.165, 1.54) is 45.7 Å². The molecule has 0 saturated carbocycles. The summed E-state index contributed by atoms with van der Waals surface area (Å²) in [5, 5.41) is 0. The summed E-state index contributed by atoms with van der Waals surface area (Å²) in [7, 11) is 0. The van der Waals surface area contributed by atoms with Crippen LogP contribution in [0.4, 0.5) is 0 Å². The zero-order valence-electron chi connectivity index (χ0n) is 12.3. The molecule has 0 unspecified atom stereocenters. The van der Waals surface area contributed by atoms with Crippen molar-refractivity contribution < 1.29 is 0 Å². The van der Waals surface area contributed by atoms with Gasteiger partial charge in [-0.3, -0.25) is 14.7 Å². The fourth-order valence-corrected chi connectivity index (χ4v) is 2.99. The average Bonchev–Trinajstić information content (AvgIpc) is 2.13. The van der Waals surface area contributed by atoms with Crippen LogP contribution in [0.25, 0.3) is 0 Å². The van der Waals surface area contributed by atoms with Crippen molar-refractivity contribution in [2.75, 3.05) is 39.3 Å². The maximum absolute atomic E-state index is 2.66. The number of hydrogen-bond acceptors (Lipinski definition) is 3. The van der Waals surface area contributed by atoms with E-state index in [-0.39, 0.29) is 5.66 Å². The van der Waals surface area contributed by atoms with Gasteiger partial charge in [-0.2, -0.15) is 0 Å². The van der Waals surface area contributed by atoms with Crippen LogP contribution in [-0.4, -0.2) is 65.2 Å². The highest BCUT2D eigenvalue weighted by atomic mass is 15.4. The lowest BCUT2D eigenvalue weighted by atomic mass is 10.0. The molecule has 100 valence electrons. The van der Waals surface area contributed by atoms with Crippen molar-refractivity contribution in [3.05, 3.63) is 0 Å². The first-order valence-corrected chi connectivity index (χ1v) is 7.07. The highest BCUT2D eigenvalue weighted by Gasteiger charge is 2.38. The molecule has 0 aliphatic carbocycles. The molecule has 2 rings (SSSR count). The lowest BCUT2D eigenvalue weighted by Gasteiger charge is -2.54. The summed E-state index contributed by atoms with van der Waals surface area (Å²) in [4.78, 5) is 7.88. The number of nitrogens with zero attached hydrogens (tertiary/aromatic N) is 3. The molecule has 0 aromatic rings. The predicted molar refractivity (Wildman–Crippen MR) is 73.2 cm³/mol. The van der Waals surface area contributed by atoms with E-state index in [9.17, 15) is 0 Å². The number of likely N-dealkylation sites (tertiary alicyclic amines) is 1. The van der Waals surface area contributed by atoms with E-state index in [0.29, 0.717) is 5.54 Å². The Morgan fingerprint density at radius 2 is 1.00 bits per heavy atom. The average molecular weight is 239 g/mol. The molecule has 2 heterocycles. The highest BCUT2D eigenvalue weighted by Crippen LogP contribution is 2.27. The Balaban J connectivity index is 1.90. The molecule has 0 radical (unpaired) electrons. The van der Waals surface area contributed by atoms with Crippen LogP contribution in [0.5, 0.6) is 0 Å². The first kappa shape index (κ1) is 13.3. The topological polar surface area (TPSA) is 9.72 Å². The van der Waals surface area contributed by atoms with Crippen LogP contribution < -0.4 is 0 Å². The molecule has 3 nitrogen and oxygen atoms in total. The molecule has 0 spiro atoms. The van der Waals surface area contributed by atoms with Crippen LogP contribution in [-0.2, 0) is 0 Å². The molecular weight excluding hydrogens is 210 g/mol. The Hall–Kier alpha value is -0.120. The maximum Gasteiger partial charge on any atom is 0.0680 e. The smallest absolute Gasteiger partial charge is 0.0680 e. The van der Waals surface area contributed by atoms with E-state index >= 15 is 0 Å². The first-order chi connectivity index (χ1) is 7.82. The minimum Gasteiger partial charge on any atom is -0.296 e. The molecular formula is C14H29N3. The zero-order valence-corrected chi connectivity index (χ0v) is 12.3. The van der Waals surface area contributed by atoms with E-state index in [2.05, 4.69) is 49.3 Å². The SMILES string of the molecule is CC(C)(C)N1CCN(C(C)(C)N2CCC2)CC1. The maximum atomic E-state index is 2.66. The van der Waals surface area contributed by atoms with Crippen LogP contribution >= 0.6 is 0 Å². The lowest BCUT2D eigenvalue weighted by Crippen LogP contribution is -2.66. The third kappa shape index (κ3) is 2.67. The van der Waals surface area contributed by atoms with Crippen molar-refractivity contribution in [2.24, 2.45) is 0 Å². The molecule has 0 aromatic heterocycles. The quantitative estimate of drug-likeness (QED) is 0.728. The van der Waals surface area contributed by atoms with Crippen molar-refractivity contribution in [1.82, 2.24) is 14.7 Å². The van der Waals surface area contributed by atoms with Gasteiger partial charge in [0.2, 0.25) is 0 Å². The van der Waals surface area contributed by atoms with E-state index in [0.717, 1.165) is 0 Å². The predicted octanol–water partition coefficient (Wildman–Crippen LogP) is 1.84. The second-order valence-electron chi connectivity index (χ2n) is 6.98. The van der Waals surface area contributed by atoms with Gasteiger partial charge in [0.25, 0.3) is 0 Å². The number of hydrogen-bond donors (Lipinski definition) is 0. The molecule has 2 aliphatic rings. The Bertz CT molecular complexity index is 255. The summed E-state index contributed by atoms with van der Waals surface area (Å²) in [5.41, 5.74) is 0.592. The molecule has 0 atom stereocenters. The summed E-state index contributed by atoms with van der Waals surface area (Å²) >= 11 is 0. The summed E-state index contributed by atoms with van der Waals surface area (Å²) < 4.78 is 0. The van der Waals surface area contributed by atoms with Gasteiger partial charge in [-0.15, -0.1) is 0 Å². The zero-order chi connectivity index (χ0) is 12.7. The van der Waals surface area contributed by atoms with Crippen molar-refractivity contribution in [2.45, 2.75) is 52.2 Å². The minimum absolute atomic E-state index is 0.266. The highest BCUT2D eigenvalue weighted by molar-refractivity contribution is 4.91. The monoisotopic (exact) mass is 239 g/mol. The van der Waals surface area contributed by atoms with Crippen LogP contribution in [0.15, 0.2) is 0 Å². The third-order valence-electron chi connectivity index (χ3n) is 4.63.